The number of carboxylic acids is 1. The van der Waals surface area contributed by atoms with Crippen LogP contribution < -0.4 is 10.6 Å². The SMILES string of the molecule is O=C(O)CCNC(=O)NCc1ccccc1Cn1cccn1. The van der Waals surface area contributed by atoms with Gasteiger partial charge in [-0.3, -0.25) is 9.48 Å². The van der Waals surface area contributed by atoms with Crippen LogP contribution in [0.25, 0.3) is 0 Å². The summed E-state index contributed by atoms with van der Waals surface area (Å²) >= 11 is 0. The number of rotatable bonds is 7. The standard InChI is InChI=1S/C15H18N4O3/c20-14(21)6-8-16-15(22)17-10-12-4-1-2-5-13(12)11-19-9-3-7-18-19/h1-5,7,9H,6,8,10-11H2,(H,20,21)(H2,16,17,22). The molecule has 0 fully saturated rings. The molecule has 1 aromatic heterocycles. The minimum Gasteiger partial charge on any atom is -0.481 e. The first kappa shape index (κ1) is 15.6. The summed E-state index contributed by atoms with van der Waals surface area (Å²) in [6.45, 7) is 1.11. The molecule has 116 valence electrons. The number of aliphatic carboxylic acids is 1. The lowest BCUT2D eigenvalue weighted by Gasteiger charge is -2.11. The number of carboxylic acid groups (broad SMARTS) is 1. The molecule has 0 aliphatic rings. The van der Waals surface area contributed by atoms with E-state index in [0.717, 1.165) is 11.1 Å². The van der Waals surface area contributed by atoms with Crippen LogP contribution >= 0.6 is 0 Å². The molecule has 3 N–H and O–H groups in total. The Hall–Kier alpha value is -2.83. The van der Waals surface area contributed by atoms with Gasteiger partial charge < -0.3 is 15.7 Å². The largest absolute Gasteiger partial charge is 0.481 e. The van der Waals surface area contributed by atoms with Crippen molar-refractivity contribution < 1.29 is 14.7 Å². The van der Waals surface area contributed by atoms with E-state index >= 15 is 0 Å². The van der Waals surface area contributed by atoms with Gasteiger partial charge in [0.05, 0.1) is 13.0 Å². The second-order valence-corrected chi connectivity index (χ2v) is 4.73. The highest BCUT2D eigenvalue weighted by atomic mass is 16.4. The Morgan fingerprint density at radius 1 is 1.14 bits per heavy atom. The van der Waals surface area contributed by atoms with Crippen LogP contribution in [0.4, 0.5) is 4.79 Å². The van der Waals surface area contributed by atoms with Crippen LogP contribution in [0.15, 0.2) is 42.7 Å². The molecule has 2 amide bonds. The van der Waals surface area contributed by atoms with E-state index in [4.69, 9.17) is 5.11 Å². The maximum Gasteiger partial charge on any atom is 0.315 e. The molecule has 0 bridgehead atoms. The molecule has 1 aromatic carbocycles. The summed E-state index contributed by atoms with van der Waals surface area (Å²) in [5.74, 6) is -0.940. The third-order valence-electron chi connectivity index (χ3n) is 3.07. The first-order valence-electron chi connectivity index (χ1n) is 6.93. The second-order valence-electron chi connectivity index (χ2n) is 4.73. The van der Waals surface area contributed by atoms with Crippen molar-refractivity contribution in [3.05, 3.63) is 53.9 Å². The Bertz CT molecular complexity index is 625. The number of carbonyl (C=O) groups is 2. The van der Waals surface area contributed by atoms with Crippen LogP contribution in [-0.4, -0.2) is 33.4 Å². The molecule has 7 heteroatoms. The molecule has 0 radical (unpaired) electrons. The van der Waals surface area contributed by atoms with E-state index in [-0.39, 0.29) is 19.0 Å². The molecule has 0 saturated carbocycles. The monoisotopic (exact) mass is 302 g/mol. The fraction of sp³-hybridized carbons (Fsp3) is 0.267. The average Bonchev–Trinajstić information content (AvgIpc) is 2.99. The van der Waals surface area contributed by atoms with Crippen LogP contribution in [0, 0.1) is 0 Å². The van der Waals surface area contributed by atoms with E-state index in [1.54, 1.807) is 6.20 Å². The number of aromatic nitrogens is 2. The molecule has 7 nitrogen and oxygen atoms in total. The molecule has 0 aliphatic heterocycles. The lowest BCUT2D eigenvalue weighted by atomic mass is 10.1. The van der Waals surface area contributed by atoms with Gasteiger partial charge in [0.1, 0.15) is 0 Å². The molecule has 2 aromatic rings. The third kappa shape index (κ3) is 4.93. The van der Waals surface area contributed by atoms with Gasteiger partial charge in [0.25, 0.3) is 0 Å². The Kier molecular flexibility index (Phi) is 5.53. The smallest absolute Gasteiger partial charge is 0.315 e. The summed E-state index contributed by atoms with van der Waals surface area (Å²) in [4.78, 5) is 22.0. The number of nitrogens with one attached hydrogen (secondary N) is 2. The molecular formula is C15H18N4O3. The van der Waals surface area contributed by atoms with Gasteiger partial charge in [-0.2, -0.15) is 5.10 Å². The van der Waals surface area contributed by atoms with Crippen molar-refractivity contribution in [2.45, 2.75) is 19.5 Å². The van der Waals surface area contributed by atoms with Gasteiger partial charge in [0.2, 0.25) is 0 Å². The summed E-state index contributed by atoms with van der Waals surface area (Å²) in [6.07, 6.45) is 3.50. The number of urea groups is 1. The predicted molar refractivity (Wildman–Crippen MR) is 80.3 cm³/mol. The fourth-order valence-electron chi connectivity index (χ4n) is 1.97. The van der Waals surface area contributed by atoms with Gasteiger partial charge in [0, 0.05) is 25.5 Å². The van der Waals surface area contributed by atoms with E-state index in [1.165, 1.54) is 0 Å². The quantitative estimate of drug-likeness (QED) is 0.716. The first-order valence-corrected chi connectivity index (χ1v) is 6.93. The van der Waals surface area contributed by atoms with E-state index in [0.29, 0.717) is 13.1 Å². The maximum absolute atomic E-state index is 11.6. The number of hydrogen-bond donors (Lipinski definition) is 3. The van der Waals surface area contributed by atoms with E-state index in [2.05, 4.69) is 15.7 Å². The summed E-state index contributed by atoms with van der Waals surface area (Å²) < 4.78 is 1.81. The van der Waals surface area contributed by atoms with Gasteiger partial charge in [-0.25, -0.2) is 4.79 Å². The molecule has 0 spiro atoms. The van der Waals surface area contributed by atoms with Crippen molar-refractivity contribution in [2.24, 2.45) is 0 Å². The molecule has 0 unspecified atom stereocenters. The lowest BCUT2D eigenvalue weighted by molar-refractivity contribution is -0.136. The molecule has 0 aliphatic carbocycles. The number of amides is 2. The number of hydrogen-bond acceptors (Lipinski definition) is 3. The topological polar surface area (TPSA) is 96.3 Å². The Morgan fingerprint density at radius 3 is 2.59 bits per heavy atom. The molecule has 2 rings (SSSR count). The zero-order valence-electron chi connectivity index (χ0n) is 12.0. The summed E-state index contributed by atoms with van der Waals surface area (Å²) in [5.41, 5.74) is 2.06. The predicted octanol–water partition coefficient (Wildman–Crippen LogP) is 1.21. The zero-order chi connectivity index (χ0) is 15.8. The van der Waals surface area contributed by atoms with Crippen LogP contribution in [0.3, 0.4) is 0 Å². The minimum atomic E-state index is -0.940. The number of benzene rings is 1. The Morgan fingerprint density at radius 2 is 1.91 bits per heavy atom. The van der Waals surface area contributed by atoms with Crippen molar-refractivity contribution in [1.82, 2.24) is 20.4 Å². The van der Waals surface area contributed by atoms with Gasteiger partial charge in [-0.05, 0) is 17.2 Å². The molecular weight excluding hydrogens is 284 g/mol. The van der Waals surface area contributed by atoms with Gasteiger partial charge in [-0.15, -0.1) is 0 Å². The molecule has 0 saturated heterocycles. The Labute approximate surface area is 128 Å². The molecule has 0 atom stereocenters. The lowest BCUT2D eigenvalue weighted by Crippen LogP contribution is -2.36. The molecule has 22 heavy (non-hydrogen) atoms. The first-order chi connectivity index (χ1) is 10.6. The normalized spacial score (nSPS) is 10.2. The van der Waals surface area contributed by atoms with E-state index in [1.807, 2.05) is 41.2 Å². The van der Waals surface area contributed by atoms with Gasteiger partial charge >= 0.3 is 12.0 Å². The third-order valence-corrected chi connectivity index (χ3v) is 3.07. The van der Waals surface area contributed by atoms with Crippen molar-refractivity contribution in [1.29, 1.82) is 0 Å². The van der Waals surface area contributed by atoms with E-state index < -0.39 is 5.97 Å². The van der Waals surface area contributed by atoms with Gasteiger partial charge in [-0.1, -0.05) is 24.3 Å². The Balaban J connectivity index is 1.87. The van der Waals surface area contributed by atoms with Crippen molar-refractivity contribution in [2.75, 3.05) is 6.54 Å². The average molecular weight is 302 g/mol. The van der Waals surface area contributed by atoms with Crippen LogP contribution in [-0.2, 0) is 17.9 Å². The summed E-state index contributed by atoms with van der Waals surface area (Å²) in [7, 11) is 0. The van der Waals surface area contributed by atoms with Crippen LogP contribution in [0.2, 0.25) is 0 Å². The highest BCUT2D eigenvalue weighted by Crippen LogP contribution is 2.10. The number of nitrogens with zero attached hydrogens (tertiary/aromatic N) is 2. The van der Waals surface area contributed by atoms with Crippen molar-refractivity contribution in [3.63, 3.8) is 0 Å². The van der Waals surface area contributed by atoms with Crippen molar-refractivity contribution in [3.8, 4) is 0 Å². The second kappa shape index (κ2) is 7.82. The summed E-state index contributed by atoms with van der Waals surface area (Å²) in [6, 6.07) is 9.25. The van der Waals surface area contributed by atoms with Crippen LogP contribution in [0.1, 0.15) is 17.5 Å². The van der Waals surface area contributed by atoms with Crippen LogP contribution in [0.5, 0.6) is 0 Å². The maximum atomic E-state index is 11.6. The highest BCUT2D eigenvalue weighted by Gasteiger charge is 2.06. The summed E-state index contributed by atoms with van der Waals surface area (Å²) in [5, 5.41) is 17.9. The van der Waals surface area contributed by atoms with E-state index in [9.17, 15) is 9.59 Å². The van der Waals surface area contributed by atoms with Gasteiger partial charge in [0.15, 0.2) is 0 Å². The zero-order valence-corrected chi connectivity index (χ0v) is 12.0. The molecule has 1 heterocycles. The van der Waals surface area contributed by atoms with Crippen molar-refractivity contribution >= 4 is 12.0 Å². The highest BCUT2D eigenvalue weighted by molar-refractivity contribution is 5.75. The fourth-order valence-corrected chi connectivity index (χ4v) is 1.97. The number of carbonyl (C=O) groups excluding carboxylic acids is 1. The minimum absolute atomic E-state index is 0.0939.